The number of nitrogens with zero attached hydrogens (tertiary/aromatic N) is 3. The SMILES string of the molecule is CC1C2CNCC2CN1Cc1nc(-c2ccsc2)no1. The van der Waals surface area contributed by atoms with Gasteiger partial charge in [0.15, 0.2) is 0 Å². The van der Waals surface area contributed by atoms with E-state index >= 15 is 0 Å². The van der Waals surface area contributed by atoms with E-state index in [9.17, 15) is 0 Å². The number of nitrogens with one attached hydrogen (secondary N) is 1. The van der Waals surface area contributed by atoms with Crippen LogP contribution in [0.5, 0.6) is 0 Å². The lowest BCUT2D eigenvalue weighted by Crippen LogP contribution is -2.32. The molecule has 2 aliphatic heterocycles. The van der Waals surface area contributed by atoms with E-state index < -0.39 is 0 Å². The Morgan fingerprint density at radius 2 is 2.45 bits per heavy atom. The second-order valence-electron chi connectivity index (χ2n) is 5.78. The predicted molar refractivity (Wildman–Crippen MR) is 77.3 cm³/mol. The van der Waals surface area contributed by atoms with Crippen molar-refractivity contribution in [3.63, 3.8) is 0 Å². The maximum Gasteiger partial charge on any atom is 0.241 e. The third-order valence-corrected chi connectivity index (χ3v) is 5.33. The minimum absolute atomic E-state index is 0.589. The van der Waals surface area contributed by atoms with E-state index in [2.05, 4.69) is 27.3 Å². The maximum atomic E-state index is 5.41. The number of fused-ring (bicyclic) bond motifs is 1. The maximum absolute atomic E-state index is 5.41. The van der Waals surface area contributed by atoms with Gasteiger partial charge in [-0.05, 0) is 43.3 Å². The molecule has 0 radical (unpaired) electrons. The van der Waals surface area contributed by atoms with Crippen LogP contribution < -0.4 is 5.32 Å². The van der Waals surface area contributed by atoms with E-state index in [1.54, 1.807) is 11.3 Å². The molecule has 4 heterocycles. The molecule has 106 valence electrons. The van der Waals surface area contributed by atoms with Crippen LogP contribution in [-0.2, 0) is 6.54 Å². The first kappa shape index (κ1) is 12.5. The smallest absolute Gasteiger partial charge is 0.241 e. The van der Waals surface area contributed by atoms with Crippen LogP contribution in [0.2, 0.25) is 0 Å². The van der Waals surface area contributed by atoms with Crippen molar-refractivity contribution in [3.05, 3.63) is 22.7 Å². The molecule has 4 rings (SSSR count). The number of aromatic nitrogens is 2. The van der Waals surface area contributed by atoms with Gasteiger partial charge in [-0.2, -0.15) is 16.3 Å². The molecule has 2 saturated heterocycles. The Hall–Kier alpha value is -1.24. The van der Waals surface area contributed by atoms with Gasteiger partial charge in [-0.1, -0.05) is 5.16 Å². The molecule has 2 fully saturated rings. The second kappa shape index (κ2) is 4.95. The summed E-state index contributed by atoms with van der Waals surface area (Å²) in [5.74, 6) is 2.99. The van der Waals surface area contributed by atoms with Crippen molar-refractivity contribution in [3.8, 4) is 11.4 Å². The molecule has 20 heavy (non-hydrogen) atoms. The predicted octanol–water partition coefficient (Wildman–Crippen LogP) is 1.84. The lowest BCUT2D eigenvalue weighted by molar-refractivity contribution is 0.201. The van der Waals surface area contributed by atoms with Gasteiger partial charge in [-0.25, -0.2) is 0 Å². The van der Waals surface area contributed by atoms with Gasteiger partial charge in [-0.15, -0.1) is 0 Å². The molecular weight excluding hydrogens is 272 g/mol. The molecule has 1 N–H and O–H groups in total. The van der Waals surface area contributed by atoms with Crippen molar-refractivity contribution in [1.29, 1.82) is 0 Å². The topological polar surface area (TPSA) is 54.2 Å². The van der Waals surface area contributed by atoms with Crippen LogP contribution in [0.15, 0.2) is 21.3 Å². The Balaban J connectivity index is 1.47. The summed E-state index contributed by atoms with van der Waals surface area (Å²) in [6, 6.07) is 2.61. The molecule has 2 aromatic heterocycles. The molecule has 2 aromatic rings. The first-order valence-corrected chi connectivity index (χ1v) is 8.05. The summed E-state index contributed by atoms with van der Waals surface area (Å²) in [4.78, 5) is 6.99. The van der Waals surface area contributed by atoms with Crippen molar-refractivity contribution >= 4 is 11.3 Å². The van der Waals surface area contributed by atoms with Crippen molar-refractivity contribution < 1.29 is 4.52 Å². The number of thiophene rings is 1. The van der Waals surface area contributed by atoms with Gasteiger partial charge in [0.1, 0.15) is 0 Å². The van der Waals surface area contributed by atoms with Crippen LogP contribution in [0.25, 0.3) is 11.4 Å². The highest BCUT2D eigenvalue weighted by Crippen LogP contribution is 2.33. The van der Waals surface area contributed by atoms with Gasteiger partial charge in [-0.3, -0.25) is 4.90 Å². The van der Waals surface area contributed by atoms with E-state index in [4.69, 9.17) is 4.52 Å². The van der Waals surface area contributed by atoms with Gasteiger partial charge in [0.05, 0.1) is 6.54 Å². The van der Waals surface area contributed by atoms with Crippen LogP contribution in [0.1, 0.15) is 12.8 Å². The Kier molecular flexibility index (Phi) is 3.09. The lowest BCUT2D eigenvalue weighted by atomic mass is 9.95. The average molecular weight is 290 g/mol. The number of rotatable bonds is 3. The van der Waals surface area contributed by atoms with Gasteiger partial charge >= 0.3 is 0 Å². The second-order valence-corrected chi connectivity index (χ2v) is 6.56. The molecule has 0 aliphatic carbocycles. The van der Waals surface area contributed by atoms with Crippen LogP contribution in [0, 0.1) is 11.8 Å². The molecule has 0 aromatic carbocycles. The lowest BCUT2D eigenvalue weighted by Gasteiger charge is -2.22. The van der Waals surface area contributed by atoms with Gasteiger partial charge in [0.2, 0.25) is 11.7 Å². The number of likely N-dealkylation sites (tertiary alicyclic amines) is 1. The van der Waals surface area contributed by atoms with E-state index in [-0.39, 0.29) is 0 Å². The highest BCUT2D eigenvalue weighted by molar-refractivity contribution is 7.08. The molecule has 0 saturated carbocycles. The molecule has 3 unspecified atom stereocenters. The van der Waals surface area contributed by atoms with Gasteiger partial charge < -0.3 is 9.84 Å². The van der Waals surface area contributed by atoms with E-state index in [1.165, 1.54) is 0 Å². The molecule has 0 spiro atoms. The third-order valence-electron chi connectivity index (χ3n) is 4.64. The summed E-state index contributed by atoms with van der Waals surface area (Å²) in [6.07, 6.45) is 0. The van der Waals surface area contributed by atoms with E-state index in [0.29, 0.717) is 11.9 Å². The van der Waals surface area contributed by atoms with Gasteiger partial charge in [0, 0.05) is 23.5 Å². The highest BCUT2D eigenvalue weighted by atomic mass is 32.1. The highest BCUT2D eigenvalue weighted by Gasteiger charge is 2.42. The first-order valence-electron chi connectivity index (χ1n) is 7.11. The minimum Gasteiger partial charge on any atom is -0.338 e. The normalized spacial score (nSPS) is 29.9. The zero-order chi connectivity index (χ0) is 13.5. The summed E-state index contributed by atoms with van der Waals surface area (Å²) in [6.45, 7) is 6.51. The summed E-state index contributed by atoms with van der Waals surface area (Å²) in [5, 5.41) is 11.6. The fraction of sp³-hybridized carbons (Fsp3) is 0.571. The third kappa shape index (κ3) is 2.08. The zero-order valence-corrected chi connectivity index (χ0v) is 12.3. The Morgan fingerprint density at radius 3 is 3.25 bits per heavy atom. The van der Waals surface area contributed by atoms with E-state index in [0.717, 1.165) is 49.5 Å². The fourth-order valence-electron chi connectivity index (χ4n) is 3.47. The molecule has 5 nitrogen and oxygen atoms in total. The largest absolute Gasteiger partial charge is 0.338 e. The Labute approximate surface area is 122 Å². The molecular formula is C14H18N4OS. The average Bonchev–Trinajstić information content (AvgIpc) is 3.19. The fourth-order valence-corrected chi connectivity index (χ4v) is 4.10. The zero-order valence-electron chi connectivity index (χ0n) is 11.5. The molecule has 6 heteroatoms. The van der Waals surface area contributed by atoms with Crippen molar-refractivity contribution in [2.45, 2.75) is 19.5 Å². The number of hydrogen-bond donors (Lipinski definition) is 1. The Bertz CT molecular complexity index is 582. The van der Waals surface area contributed by atoms with Crippen LogP contribution >= 0.6 is 11.3 Å². The van der Waals surface area contributed by atoms with Crippen molar-refractivity contribution in [2.24, 2.45) is 11.8 Å². The first-order chi connectivity index (χ1) is 9.81. The monoisotopic (exact) mass is 290 g/mol. The molecule has 0 bridgehead atoms. The molecule has 3 atom stereocenters. The van der Waals surface area contributed by atoms with Crippen molar-refractivity contribution in [2.75, 3.05) is 19.6 Å². The molecule has 2 aliphatic rings. The van der Waals surface area contributed by atoms with Gasteiger partial charge in [0.25, 0.3) is 0 Å². The van der Waals surface area contributed by atoms with Crippen LogP contribution in [0.4, 0.5) is 0 Å². The summed E-state index contributed by atoms with van der Waals surface area (Å²) in [5.41, 5.74) is 1.04. The Morgan fingerprint density at radius 1 is 1.50 bits per heavy atom. The number of hydrogen-bond acceptors (Lipinski definition) is 6. The summed E-state index contributed by atoms with van der Waals surface area (Å²) < 4.78 is 5.41. The standard InChI is InChI=1S/C14H18N4OS/c1-9-12-5-15-4-11(12)6-18(9)7-13-16-14(17-19-13)10-2-3-20-8-10/h2-3,8-9,11-12,15H,4-7H2,1H3. The van der Waals surface area contributed by atoms with E-state index in [1.807, 2.05) is 16.8 Å². The van der Waals surface area contributed by atoms with Crippen LogP contribution in [0.3, 0.4) is 0 Å². The quantitative estimate of drug-likeness (QED) is 0.935. The molecule has 0 amide bonds. The van der Waals surface area contributed by atoms with Crippen LogP contribution in [-0.4, -0.2) is 40.7 Å². The summed E-state index contributed by atoms with van der Waals surface area (Å²) in [7, 11) is 0. The van der Waals surface area contributed by atoms with Crippen molar-refractivity contribution in [1.82, 2.24) is 20.4 Å². The minimum atomic E-state index is 0.589. The summed E-state index contributed by atoms with van der Waals surface area (Å²) >= 11 is 1.65.